The van der Waals surface area contributed by atoms with Crippen LogP contribution in [-0.2, 0) is 0 Å². The molecule has 5 rings (SSSR count). The Bertz CT molecular complexity index is 1520. The fraction of sp³-hybridized carbons (Fsp3) is 0.185. The zero-order valence-corrected chi connectivity index (χ0v) is 19.2. The molecule has 0 aliphatic carbocycles. The number of nitrogens with zero attached hydrogens (tertiary/aromatic N) is 4. The van der Waals surface area contributed by atoms with Crippen molar-refractivity contribution >= 4 is 16.5 Å². The highest BCUT2D eigenvalue weighted by Crippen LogP contribution is 2.28. The summed E-state index contributed by atoms with van der Waals surface area (Å²) in [5.41, 5.74) is 4.27. The van der Waals surface area contributed by atoms with E-state index in [4.69, 9.17) is 9.15 Å². The highest BCUT2D eigenvalue weighted by atomic mass is 16.5. The van der Waals surface area contributed by atoms with Gasteiger partial charge in [0.1, 0.15) is 22.4 Å². The second-order valence-corrected chi connectivity index (χ2v) is 8.45. The maximum atomic E-state index is 9.64. The summed E-state index contributed by atoms with van der Waals surface area (Å²) < 4.78 is 14.1. The Kier molecular flexibility index (Phi) is 6.01. The second kappa shape index (κ2) is 9.41. The molecule has 0 radical (unpaired) electrons. The van der Waals surface area contributed by atoms with Gasteiger partial charge in [-0.25, -0.2) is 4.98 Å². The van der Waals surface area contributed by atoms with E-state index in [-0.39, 0.29) is 0 Å². The molecule has 0 spiro atoms. The molecule has 0 bridgehead atoms. The average molecular weight is 455 g/mol. The number of aromatic nitrogens is 2. The number of rotatable bonds is 7. The van der Waals surface area contributed by atoms with Crippen molar-refractivity contribution < 1.29 is 14.4 Å². The lowest BCUT2D eigenvalue weighted by molar-refractivity contribution is 0.281. The van der Waals surface area contributed by atoms with Crippen LogP contribution in [0.15, 0.2) is 88.8 Å². The summed E-state index contributed by atoms with van der Waals surface area (Å²) >= 11 is 0. The third-order valence-electron chi connectivity index (χ3n) is 5.71. The Labute approximate surface area is 197 Å². The van der Waals surface area contributed by atoms with Crippen LogP contribution in [0.2, 0.25) is 0 Å². The van der Waals surface area contributed by atoms with Gasteiger partial charge < -0.3 is 23.7 Å². The van der Waals surface area contributed by atoms with Crippen LogP contribution in [0.5, 0.6) is 5.75 Å². The predicted molar refractivity (Wildman–Crippen MR) is 132 cm³/mol. The van der Waals surface area contributed by atoms with Gasteiger partial charge in [0.2, 0.25) is 0 Å². The fourth-order valence-corrected chi connectivity index (χ4v) is 3.96. The van der Waals surface area contributed by atoms with Gasteiger partial charge in [-0.2, -0.15) is 0 Å². The number of hydrogen-bond donors (Lipinski definition) is 1. The molecule has 0 atom stereocenters. The van der Waals surface area contributed by atoms with Gasteiger partial charge in [0.25, 0.3) is 0 Å². The molecule has 1 N–H and O–H groups in total. The lowest BCUT2D eigenvalue weighted by Crippen LogP contribution is -2.15. The normalized spacial score (nSPS) is 12.1. The van der Waals surface area contributed by atoms with Crippen LogP contribution in [-0.4, -0.2) is 46.7 Å². The van der Waals surface area contributed by atoms with Gasteiger partial charge in [0.15, 0.2) is 5.76 Å². The molecule has 3 aromatic heterocycles. The predicted octanol–water partition coefficient (Wildman–Crippen LogP) is 5.03. The minimum Gasteiger partial charge on any atom is -0.494 e. The van der Waals surface area contributed by atoms with Crippen LogP contribution in [0.25, 0.3) is 39.1 Å². The maximum Gasteiger partial charge on any atom is 0.155 e. The summed E-state index contributed by atoms with van der Waals surface area (Å²) in [6, 6.07) is 21.5. The lowest BCUT2D eigenvalue weighted by atomic mass is 10.0. The van der Waals surface area contributed by atoms with E-state index in [0.29, 0.717) is 29.0 Å². The molecule has 172 valence electrons. The first kappa shape index (κ1) is 21.7. The third-order valence-corrected chi connectivity index (χ3v) is 5.71. The van der Waals surface area contributed by atoms with Crippen molar-refractivity contribution in [3.63, 3.8) is 0 Å². The molecule has 5 aromatic rings. The molecule has 0 saturated carbocycles. The summed E-state index contributed by atoms with van der Waals surface area (Å²) in [5.74, 6) is 1.36. The van der Waals surface area contributed by atoms with E-state index in [1.54, 1.807) is 12.4 Å². The second-order valence-electron chi connectivity index (χ2n) is 8.45. The highest BCUT2D eigenvalue weighted by Gasteiger charge is 2.10. The first-order valence-corrected chi connectivity index (χ1v) is 11.2. The minimum atomic E-state index is 0.429. The van der Waals surface area contributed by atoms with Crippen LogP contribution >= 0.6 is 0 Å². The van der Waals surface area contributed by atoms with Crippen LogP contribution in [0, 0.1) is 0 Å². The van der Waals surface area contributed by atoms with Crippen molar-refractivity contribution in [1.29, 1.82) is 0 Å². The van der Waals surface area contributed by atoms with Gasteiger partial charge in [-0.3, -0.25) is 0 Å². The molecule has 2 aromatic carbocycles. The number of hydrogen-bond acceptors (Lipinski definition) is 6. The van der Waals surface area contributed by atoms with Gasteiger partial charge in [-0.15, -0.1) is 0 Å². The van der Waals surface area contributed by atoms with Crippen molar-refractivity contribution in [1.82, 2.24) is 14.3 Å². The molecule has 0 fully saturated rings. The quantitative estimate of drug-likeness (QED) is 0.212. The standard InChI is InChI=1S/C27H26N4O3/c1-30(2)11-5-13-33-22-8-3-6-19(14-22)20-9-10-23-24(29-32)17-27(34-26(23)15-20)25-16-21-7-4-12-31(21)18-28-25/h3-4,6-10,12,14-18,32H,5,11,13H2,1-2H3/b29-24+. The number of fused-ring (bicyclic) bond motifs is 2. The summed E-state index contributed by atoms with van der Waals surface area (Å²) in [4.78, 5) is 6.64. The largest absolute Gasteiger partial charge is 0.494 e. The molecule has 0 unspecified atom stereocenters. The third kappa shape index (κ3) is 4.51. The Hall–Kier alpha value is -4.10. The van der Waals surface area contributed by atoms with E-state index in [2.05, 4.69) is 29.1 Å². The smallest absolute Gasteiger partial charge is 0.155 e. The first-order valence-electron chi connectivity index (χ1n) is 11.2. The SMILES string of the molecule is CN(C)CCCOc1cccc(-c2ccc3/c(=N/O)cc(-c4cc5cccn5cn4)oc3c2)c1. The summed E-state index contributed by atoms with van der Waals surface area (Å²) in [5, 5.41) is 14.3. The van der Waals surface area contributed by atoms with Crippen LogP contribution in [0.4, 0.5) is 0 Å². The molecular weight excluding hydrogens is 428 g/mol. The molecule has 7 heteroatoms. The molecule has 7 nitrogen and oxygen atoms in total. The zero-order valence-electron chi connectivity index (χ0n) is 19.2. The van der Waals surface area contributed by atoms with Crippen molar-refractivity contribution in [2.45, 2.75) is 6.42 Å². The van der Waals surface area contributed by atoms with Crippen LogP contribution in [0.1, 0.15) is 6.42 Å². The molecular formula is C27H26N4O3. The fourth-order valence-electron chi connectivity index (χ4n) is 3.96. The van der Waals surface area contributed by atoms with Gasteiger partial charge >= 0.3 is 0 Å². The van der Waals surface area contributed by atoms with E-state index in [9.17, 15) is 5.21 Å². The van der Waals surface area contributed by atoms with Crippen molar-refractivity contribution in [3.05, 3.63) is 84.6 Å². The minimum absolute atomic E-state index is 0.429. The Balaban J connectivity index is 1.49. The highest BCUT2D eigenvalue weighted by molar-refractivity contribution is 5.84. The number of benzene rings is 2. The first-order chi connectivity index (χ1) is 16.6. The molecule has 0 saturated heterocycles. The van der Waals surface area contributed by atoms with E-state index in [0.717, 1.165) is 40.7 Å². The molecule has 0 amide bonds. The maximum absolute atomic E-state index is 9.64. The monoisotopic (exact) mass is 454 g/mol. The Morgan fingerprint density at radius 2 is 1.91 bits per heavy atom. The summed E-state index contributed by atoms with van der Waals surface area (Å²) in [7, 11) is 4.11. The lowest BCUT2D eigenvalue weighted by Gasteiger charge is -2.11. The van der Waals surface area contributed by atoms with Gasteiger partial charge in [-0.05, 0) is 74.1 Å². The van der Waals surface area contributed by atoms with Crippen molar-refractivity contribution in [2.24, 2.45) is 5.16 Å². The molecule has 3 heterocycles. The summed E-state index contributed by atoms with van der Waals surface area (Å²) in [6.45, 7) is 1.65. The van der Waals surface area contributed by atoms with E-state index in [1.165, 1.54) is 0 Å². The summed E-state index contributed by atoms with van der Waals surface area (Å²) in [6.07, 6.45) is 4.64. The molecule has 0 aliphatic heterocycles. The zero-order chi connectivity index (χ0) is 23.5. The van der Waals surface area contributed by atoms with Crippen molar-refractivity contribution in [2.75, 3.05) is 27.2 Å². The van der Waals surface area contributed by atoms with E-state index in [1.807, 2.05) is 71.3 Å². The average Bonchev–Trinajstić information content (AvgIpc) is 3.33. The molecule has 34 heavy (non-hydrogen) atoms. The van der Waals surface area contributed by atoms with Gasteiger partial charge in [-0.1, -0.05) is 23.4 Å². The van der Waals surface area contributed by atoms with Crippen LogP contribution < -0.4 is 10.1 Å². The van der Waals surface area contributed by atoms with Crippen LogP contribution in [0.3, 0.4) is 0 Å². The van der Waals surface area contributed by atoms with Crippen molar-refractivity contribution in [3.8, 4) is 28.3 Å². The number of ether oxygens (including phenoxy) is 1. The Morgan fingerprint density at radius 1 is 1.03 bits per heavy atom. The Morgan fingerprint density at radius 3 is 2.76 bits per heavy atom. The van der Waals surface area contributed by atoms with E-state index >= 15 is 0 Å². The van der Waals surface area contributed by atoms with Gasteiger partial charge in [0, 0.05) is 29.7 Å². The van der Waals surface area contributed by atoms with E-state index < -0.39 is 0 Å². The molecule has 0 aliphatic rings. The van der Waals surface area contributed by atoms with Gasteiger partial charge in [0.05, 0.1) is 12.9 Å². The topological polar surface area (TPSA) is 75.5 Å².